The Hall–Kier alpha value is -2.87. The highest BCUT2D eigenvalue weighted by molar-refractivity contribution is 5.92. The molecule has 0 spiro atoms. The topological polar surface area (TPSA) is 62.1 Å². The molecule has 1 N–H and O–H groups in total. The van der Waals surface area contributed by atoms with E-state index in [1.165, 1.54) is 18.2 Å². The standard InChI is InChI=1S/C15H11FN2O2/c16-13-6-1-2-7-14(13)20-10-15(19)18-12-5-3-4-11(8-12)9-17/h1-8H,10H2,(H,18,19). The van der Waals surface area contributed by atoms with Crippen molar-refractivity contribution in [3.63, 3.8) is 0 Å². The molecule has 0 saturated heterocycles. The number of hydrogen-bond acceptors (Lipinski definition) is 3. The van der Waals surface area contributed by atoms with Gasteiger partial charge < -0.3 is 10.1 Å². The second kappa shape index (κ2) is 6.34. The van der Waals surface area contributed by atoms with E-state index in [4.69, 9.17) is 10.00 Å². The number of carbonyl (C=O) groups is 1. The van der Waals surface area contributed by atoms with Crippen molar-refractivity contribution < 1.29 is 13.9 Å². The Labute approximate surface area is 115 Å². The van der Waals surface area contributed by atoms with Crippen LogP contribution in [0.5, 0.6) is 5.75 Å². The highest BCUT2D eigenvalue weighted by Crippen LogP contribution is 2.15. The minimum Gasteiger partial charge on any atom is -0.481 e. The minimum absolute atomic E-state index is 0.0217. The first-order valence-electron chi connectivity index (χ1n) is 5.86. The molecule has 2 aromatic carbocycles. The summed E-state index contributed by atoms with van der Waals surface area (Å²) < 4.78 is 18.3. The number of hydrogen-bond donors (Lipinski definition) is 1. The first kappa shape index (κ1) is 13.6. The van der Waals surface area contributed by atoms with Crippen molar-refractivity contribution in [2.45, 2.75) is 0 Å². The molecule has 0 unspecified atom stereocenters. The van der Waals surface area contributed by atoms with Crippen molar-refractivity contribution in [2.75, 3.05) is 11.9 Å². The van der Waals surface area contributed by atoms with Crippen molar-refractivity contribution in [2.24, 2.45) is 0 Å². The third kappa shape index (κ3) is 3.56. The maximum absolute atomic E-state index is 13.3. The van der Waals surface area contributed by atoms with Crippen LogP contribution in [-0.2, 0) is 4.79 Å². The maximum Gasteiger partial charge on any atom is 0.262 e. The monoisotopic (exact) mass is 270 g/mol. The van der Waals surface area contributed by atoms with Gasteiger partial charge in [0.05, 0.1) is 11.6 Å². The lowest BCUT2D eigenvalue weighted by atomic mass is 10.2. The van der Waals surface area contributed by atoms with E-state index in [-0.39, 0.29) is 12.4 Å². The Morgan fingerprint density at radius 2 is 2.05 bits per heavy atom. The minimum atomic E-state index is -0.522. The van der Waals surface area contributed by atoms with Gasteiger partial charge in [0, 0.05) is 5.69 Å². The third-order valence-corrected chi connectivity index (χ3v) is 2.47. The van der Waals surface area contributed by atoms with E-state index in [1.54, 1.807) is 30.3 Å². The van der Waals surface area contributed by atoms with Crippen LogP contribution in [0, 0.1) is 17.1 Å². The summed E-state index contributed by atoms with van der Waals surface area (Å²) in [5.74, 6) is -0.927. The fraction of sp³-hybridized carbons (Fsp3) is 0.0667. The first-order chi connectivity index (χ1) is 9.69. The van der Waals surface area contributed by atoms with Gasteiger partial charge in [0.2, 0.25) is 0 Å². The van der Waals surface area contributed by atoms with E-state index in [0.717, 1.165) is 0 Å². The largest absolute Gasteiger partial charge is 0.481 e. The van der Waals surface area contributed by atoms with Gasteiger partial charge in [-0.05, 0) is 30.3 Å². The predicted molar refractivity (Wildman–Crippen MR) is 71.7 cm³/mol. The van der Waals surface area contributed by atoms with Crippen LogP contribution < -0.4 is 10.1 Å². The number of halogens is 1. The Kier molecular flexibility index (Phi) is 4.30. The van der Waals surface area contributed by atoms with Gasteiger partial charge in [0.15, 0.2) is 18.2 Å². The molecule has 0 saturated carbocycles. The lowest BCUT2D eigenvalue weighted by Gasteiger charge is -2.08. The molecule has 100 valence electrons. The van der Waals surface area contributed by atoms with E-state index in [0.29, 0.717) is 11.3 Å². The number of nitrogens with one attached hydrogen (secondary N) is 1. The van der Waals surface area contributed by atoms with Crippen molar-refractivity contribution >= 4 is 11.6 Å². The number of rotatable bonds is 4. The van der Waals surface area contributed by atoms with Crippen molar-refractivity contribution in [3.05, 3.63) is 59.9 Å². The summed E-state index contributed by atoms with van der Waals surface area (Å²) in [6.45, 7) is -0.308. The third-order valence-electron chi connectivity index (χ3n) is 2.47. The molecule has 0 aliphatic heterocycles. The maximum atomic E-state index is 13.3. The van der Waals surface area contributed by atoms with Crippen LogP contribution in [-0.4, -0.2) is 12.5 Å². The average Bonchev–Trinajstić information content (AvgIpc) is 2.46. The van der Waals surface area contributed by atoms with Gasteiger partial charge in [-0.1, -0.05) is 18.2 Å². The smallest absolute Gasteiger partial charge is 0.262 e. The van der Waals surface area contributed by atoms with Gasteiger partial charge in [-0.3, -0.25) is 4.79 Å². The first-order valence-corrected chi connectivity index (χ1v) is 5.86. The SMILES string of the molecule is N#Cc1cccc(NC(=O)COc2ccccc2F)c1. The number of anilines is 1. The average molecular weight is 270 g/mol. The summed E-state index contributed by atoms with van der Waals surface area (Å²) in [6, 6.07) is 14.3. The van der Waals surface area contributed by atoms with Gasteiger partial charge in [-0.25, -0.2) is 4.39 Å². The Balaban J connectivity index is 1.93. The van der Waals surface area contributed by atoms with Crippen LogP contribution in [0.25, 0.3) is 0 Å². The molecule has 1 amide bonds. The predicted octanol–water partition coefficient (Wildman–Crippen LogP) is 2.71. The summed E-state index contributed by atoms with van der Waals surface area (Å²) in [6.07, 6.45) is 0. The quantitative estimate of drug-likeness (QED) is 0.929. The Morgan fingerprint density at radius 1 is 1.25 bits per heavy atom. The van der Waals surface area contributed by atoms with Gasteiger partial charge in [0.25, 0.3) is 5.91 Å². The lowest BCUT2D eigenvalue weighted by Crippen LogP contribution is -2.20. The zero-order valence-electron chi connectivity index (χ0n) is 10.5. The van der Waals surface area contributed by atoms with Crippen molar-refractivity contribution in [3.8, 4) is 11.8 Å². The van der Waals surface area contributed by atoms with E-state index in [1.807, 2.05) is 6.07 Å². The van der Waals surface area contributed by atoms with Crippen LogP contribution in [0.2, 0.25) is 0 Å². The summed E-state index contributed by atoms with van der Waals surface area (Å²) >= 11 is 0. The molecular formula is C15H11FN2O2. The summed E-state index contributed by atoms with van der Waals surface area (Å²) in [5.41, 5.74) is 0.934. The summed E-state index contributed by atoms with van der Waals surface area (Å²) in [7, 11) is 0. The number of ether oxygens (including phenoxy) is 1. The fourth-order valence-corrected chi connectivity index (χ4v) is 1.57. The molecule has 0 radical (unpaired) electrons. The van der Waals surface area contributed by atoms with E-state index >= 15 is 0 Å². The zero-order chi connectivity index (χ0) is 14.4. The van der Waals surface area contributed by atoms with E-state index in [9.17, 15) is 9.18 Å². The van der Waals surface area contributed by atoms with Crippen LogP contribution in [0.1, 0.15) is 5.56 Å². The Bertz CT molecular complexity index is 665. The van der Waals surface area contributed by atoms with Gasteiger partial charge in [-0.2, -0.15) is 5.26 Å². The molecule has 20 heavy (non-hydrogen) atoms. The Morgan fingerprint density at radius 3 is 2.80 bits per heavy atom. The molecular weight excluding hydrogens is 259 g/mol. The van der Waals surface area contributed by atoms with Crippen LogP contribution in [0.4, 0.5) is 10.1 Å². The normalized spacial score (nSPS) is 9.60. The molecule has 0 aliphatic carbocycles. The van der Waals surface area contributed by atoms with Crippen LogP contribution >= 0.6 is 0 Å². The van der Waals surface area contributed by atoms with Gasteiger partial charge >= 0.3 is 0 Å². The van der Waals surface area contributed by atoms with Gasteiger partial charge in [0.1, 0.15) is 0 Å². The molecule has 2 rings (SSSR count). The lowest BCUT2D eigenvalue weighted by molar-refractivity contribution is -0.118. The van der Waals surface area contributed by atoms with Crippen LogP contribution in [0.3, 0.4) is 0 Å². The highest BCUT2D eigenvalue weighted by atomic mass is 19.1. The zero-order valence-corrected chi connectivity index (χ0v) is 10.5. The van der Waals surface area contributed by atoms with Crippen molar-refractivity contribution in [1.82, 2.24) is 0 Å². The number of amides is 1. The molecule has 4 nitrogen and oxygen atoms in total. The van der Waals surface area contributed by atoms with E-state index < -0.39 is 11.7 Å². The molecule has 0 atom stereocenters. The fourth-order valence-electron chi connectivity index (χ4n) is 1.57. The second-order valence-corrected chi connectivity index (χ2v) is 3.96. The number of benzene rings is 2. The van der Waals surface area contributed by atoms with Gasteiger partial charge in [-0.15, -0.1) is 0 Å². The second-order valence-electron chi connectivity index (χ2n) is 3.96. The molecule has 0 fully saturated rings. The number of para-hydroxylation sites is 1. The molecule has 0 aromatic heterocycles. The molecule has 5 heteroatoms. The number of carbonyl (C=O) groups excluding carboxylic acids is 1. The van der Waals surface area contributed by atoms with Crippen molar-refractivity contribution in [1.29, 1.82) is 5.26 Å². The number of nitrogens with zero attached hydrogens (tertiary/aromatic N) is 1. The summed E-state index contributed by atoms with van der Waals surface area (Å²) in [4.78, 5) is 11.7. The number of nitriles is 1. The highest BCUT2D eigenvalue weighted by Gasteiger charge is 2.06. The van der Waals surface area contributed by atoms with E-state index in [2.05, 4.69) is 5.32 Å². The summed E-state index contributed by atoms with van der Waals surface area (Å²) in [5, 5.41) is 11.3. The molecule has 0 bridgehead atoms. The van der Waals surface area contributed by atoms with Crippen LogP contribution in [0.15, 0.2) is 48.5 Å². The molecule has 0 heterocycles. The molecule has 2 aromatic rings. The molecule has 0 aliphatic rings.